The van der Waals surface area contributed by atoms with Gasteiger partial charge < -0.3 is 9.67 Å². The Balaban J connectivity index is 1.73. The Morgan fingerprint density at radius 3 is 2.62 bits per heavy atom. The molecule has 2 aromatic rings. The molecule has 0 saturated heterocycles. The summed E-state index contributed by atoms with van der Waals surface area (Å²) in [6, 6.07) is 9.58. The van der Waals surface area contributed by atoms with Crippen molar-refractivity contribution >= 4 is 9.84 Å². The first-order valence-corrected chi connectivity index (χ1v) is 12.2. The third kappa shape index (κ3) is 5.68. The first kappa shape index (κ1) is 22.0. The molecule has 1 aromatic carbocycles. The van der Waals surface area contributed by atoms with E-state index in [0.29, 0.717) is 19.6 Å². The van der Waals surface area contributed by atoms with E-state index in [2.05, 4.69) is 11.9 Å². The van der Waals surface area contributed by atoms with E-state index in [0.717, 1.165) is 43.4 Å². The van der Waals surface area contributed by atoms with E-state index < -0.39 is 15.9 Å². The second-order valence-electron chi connectivity index (χ2n) is 8.24. The summed E-state index contributed by atoms with van der Waals surface area (Å²) in [6.07, 6.45) is 6.13. The molecule has 1 heterocycles. The number of hydrogen-bond donors (Lipinski definition) is 1. The van der Waals surface area contributed by atoms with Gasteiger partial charge in [0, 0.05) is 19.6 Å². The molecule has 1 saturated carbocycles. The van der Waals surface area contributed by atoms with Gasteiger partial charge >= 0.3 is 0 Å². The van der Waals surface area contributed by atoms with E-state index in [9.17, 15) is 13.5 Å². The van der Waals surface area contributed by atoms with E-state index >= 15 is 0 Å². The Labute approximate surface area is 174 Å². The zero-order chi connectivity index (χ0) is 20.9. The Bertz CT molecular complexity index is 876. The van der Waals surface area contributed by atoms with Crippen LogP contribution in [0.25, 0.3) is 0 Å². The maximum absolute atomic E-state index is 12.9. The minimum Gasteiger partial charge on any atom is -0.387 e. The van der Waals surface area contributed by atoms with E-state index in [1.807, 2.05) is 46.8 Å². The molecule has 0 amide bonds. The fourth-order valence-electron chi connectivity index (χ4n) is 3.78. The molecule has 1 fully saturated rings. The third-order valence-corrected chi connectivity index (χ3v) is 7.49. The number of unbranched alkanes of at least 4 members (excludes halogenated alkanes) is 1. The molecule has 160 valence electrons. The first-order valence-electron chi connectivity index (χ1n) is 10.6. The average Bonchev–Trinajstić information content (AvgIpc) is 3.07. The summed E-state index contributed by atoms with van der Waals surface area (Å²) < 4.78 is 27.8. The van der Waals surface area contributed by atoms with Crippen LogP contribution in [0.1, 0.15) is 56.4 Å². The number of rotatable bonds is 11. The van der Waals surface area contributed by atoms with Crippen LogP contribution in [-0.2, 0) is 22.9 Å². The van der Waals surface area contributed by atoms with Gasteiger partial charge in [0.25, 0.3) is 0 Å². The minimum atomic E-state index is -3.38. The van der Waals surface area contributed by atoms with Crippen molar-refractivity contribution in [2.45, 2.75) is 63.4 Å². The summed E-state index contributed by atoms with van der Waals surface area (Å²) in [5.74, 6) is 0.487. The van der Waals surface area contributed by atoms with Crippen LogP contribution >= 0.6 is 0 Å². The summed E-state index contributed by atoms with van der Waals surface area (Å²) in [5.41, 5.74) is 1.76. The summed E-state index contributed by atoms with van der Waals surface area (Å²) >= 11 is 0. The largest absolute Gasteiger partial charge is 0.387 e. The lowest BCUT2D eigenvalue weighted by atomic mass is 9.87. The van der Waals surface area contributed by atoms with Crippen LogP contribution in [0.2, 0.25) is 0 Å². The van der Waals surface area contributed by atoms with Crippen molar-refractivity contribution in [3.8, 4) is 0 Å². The number of aromatic nitrogens is 2. The summed E-state index contributed by atoms with van der Waals surface area (Å²) in [4.78, 5) is 6.34. The van der Waals surface area contributed by atoms with E-state index in [-0.39, 0.29) is 16.8 Å². The van der Waals surface area contributed by atoms with Gasteiger partial charge in [-0.15, -0.1) is 0 Å². The predicted octanol–water partition coefficient (Wildman–Crippen LogP) is 3.42. The molecule has 0 spiro atoms. The Morgan fingerprint density at radius 2 is 2.00 bits per heavy atom. The number of nitrogens with zero attached hydrogens (tertiary/aromatic N) is 3. The number of aliphatic hydroxyl groups excluding tert-OH is 1. The minimum absolute atomic E-state index is 0.206. The molecule has 1 N–H and O–H groups in total. The molecule has 1 aromatic heterocycles. The highest BCUT2D eigenvalue weighted by molar-refractivity contribution is 7.91. The van der Waals surface area contributed by atoms with Gasteiger partial charge in [0.05, 0.1) is 23.7 Å². The van der Waals surface area contributed by atoms with Gasteiger partial charge in [-0.25, -0.2) is 13.4 Å². The van der Waals surface area contributed by atoms with Crippen molar-refractivity contribution in [3.05, 3.63) is 47.8 Å². The zero-order valence-electron chi connectivity index (χ0n) is 17.5. The normalized spacial score (nSPS) is 16.1. The lowest BCUT2D eigenvalue weighted by Gasteiger charge is -2.25. The number of benzene rings is 1. The van der Waals surface area contributed by atoms with Crippen LogP contribution < -0.4 is 0 Å². The first-order chi connectivity index (χ1) is 13.9. The van der Waals surface area contributed by atoms with E-state index in [4.69, 9.17) is 0 Å². The Hall–Kier alpha value is -1.70. The molecule has 1 aliphatic rings. The van der Waals surface area contributed by atoms with Crippen molar-refractivity contribution in [2.75, 3.05) is 19.3 Å². The maximum Gasteiger partial charge on any atom is 0.227 e. The van der Waals surface area contributed by atoms with Crippen molar-refractivity contribution in [3.63, 3.8) is 0 Å². The van der Waals surface area contributed by atoms with Gasteiger partial charge in [-0.1, -0.05) is 50.1 Å². The van der Waals surface area contributed by atoms with Crippen LogP contribution in [0.4, 0.5) is 0 Å². The molecule has 29 heavy (non-hydrogen) atoms. The fraction of sp³-hybridized carbons (Fsp3) is 0.591. The molecule has 0 radical (unpaired) electrons. The molecule has 3 rings (SSSR count). The molecule has 1 aliphatic carbocycles. The molecule has 0 aliphatic heterocycles. The lowest BCUT2D eigenvalue weighted by Crippen LogP contribution is -2.27. The molecule has 7 heteroatoms. The van der Waals surface area contributed by atoms with E-state index in [1.54, 1.807) is 6.20 Å². The highest BCUT2D eigenvalue weighted by Gasteiger charge is 2.30. The number of sulfone groups is 1. The van der Waals surface area contributed by atoms with Crippen molar-refractivity contribution in [1.82, 2.24) is 14.5 Å². The van der Waals surface area contributed by atoms with Crippen molar-refractivity contribution < 1.29 is 13.5 Å². The van der Waals surface area contributed by atoms with Crippen molar-refractivity contribution in [1.29, 1.82) is 0 Å². The van der Waals surface area contributed by atoms with Crippen LogP contribution in [0, 0.1) is 5.92 Å². The van der Waals surface area contributed by atoms with Gasteiger partial charge in [-0.2, -0.15) is 0 Å². The molecular weight excluding hydrogens is 386 g/mol. The van der Waals surface area contributed by atoms with Gasteiger partial charge in [-0.3, -0.25) is 4.90 Å². The van der Waals surface area contributed by atoms with Crippen LogP contribution in [0.15, 0.2) is 41.7 Å². The molecule has 6 nitrogen and oxygen atoms in total. The fourth-order valence-corrected chi connectivity index (χ4v) is 5.64. The van der Waals surface area contributed by atoms with Gasteiger partial charge in [0.15, 0.2) is 0 Å². The molecule has 1 unspecified atom stereocenters. The molecular formula is C22H33N3O3S. The van der Waals surface area contributed by atoms with Crippen LogP contribution in [0.5, 0.6) is 0 Å². The predicted molar refractivity (Wildman–Crippen MR) is 114 cm³/mol. The molecule has 1 atom stereocenters. The highest BCUT2D eigenvalue weighted by Crippen LogP contribution is 2.30. The summed E-state index contributed by atoms with van der Waals surface area (Å²) in [6.45, 7) is 3.76. The van der Waals surface area contributed by atoms with Crippen molar-refractivity contribution in [2.24, 2.45) is 5.92 Å². The second-order valence-corrected chi connectivity index (χ2v) is 10.2. The second kappa shape index (κ2) is 9.87. The molecule has 0 bridgehead atoms. The SMILES string of the molecule is CCCCn1c(CN(C)CC(O)c2ccccc2)cnc1S(=O)(=O)CC1CCC1. The van der Waals surface area contributed by atoms with E-state index in [1.165, 1.54) is 0 Å². The number of likely N-dealkylation sites (N-methyl/N-ethyl adjacent to an activating group) is 1. The Kier molecular flexibility index (Phi) is 7.49. The third-order valence-electron chi connectivity index (χ3n) is 5.70. The van der Waals surface area contributed by atoms with Gasteiger partial charge in [0.2, 0.25) is 15.0 Å². The average molecular weight is 420 g/mol. The quantitative estimate of drug-likeness (QED) is 0.604. The van der Waals surface area contributed by atoms with Gasteiger partial charge in [0.1, 0.15) is 0 Å². The lowest BCUT2D eigenvalue weighted by molar-refractivity contribution is 0.122. The maximum atomic E-state index is 12.9. The number of imidazole rings is 1. The Morgan fingerprint density at radius 1 is 1.28 bits per heavy atom. The smallest absolute Gasteiger partial charge is 0.227 e. The van der Waals surface area contributed by atoms with Crippen LogP contribution in [0.3, 0.4) is 0 Å². The number of aliphatic hydroxyl groups is 1. The monoisotopic (exact) mass is 419 g/mol. The summed E-state index contributed by atoms with van der Waals surface area (Å²) in [5, 5.41) is 10.7. The van der Waals surface area contributed by atoms with Gasteiger partial charge in [-0.05, 0) is 37.8 Å². The van der Waals surface area contributed by atoms with Crippen LogP contribution in [-0.4, -0.2) is 47.3 Å². The summed E-state index contributed by atoms with van der Waals surface area (Å²) in [7, 11) is -1.44. The zero-order valence-corrected chi connectivity index (χ0v) is 18.3. The highest BCUT2D eigenvalue weighted by atomic mass is 32.2. The topological polar surface area (TPSA) is 75.4 Å². The standard InChI is InChI=1S/C22H33N3O3S/c1-3-4-13-25-20(14-23-22(25)29(27,28)17-18-9-8-10-18)15-24(2)16-21(26)19-11-6-5-7-12-19/h5-7,11-12,14,18,21,26H,3-4,8-10,13,15-17H2,1-2H3. The number of hydrogen-bond acceptors (Lipinski definition) is 5.